The van der Waals surface area contributed by atoms with Crippen molar-refractivity contribution in [3.63, 3.8) is 0 Å². The number of aryl methyl sites for hydroxylation is 1. The summed E-state index contributed by atoms with van der Waals surface area (Å²) in [5.74, 6) is -0.577. The monoisotopic (exact) mass is 360 g/mol. The Kier molecular flexibility index (Phi) is 6.42. The number of rotatable bonds is 5. The van der Waals surface area contributed by atoms with Crippen molar-refractivity contribution in [2.45, 2.75) is 26.7 Å². The summed E-state index contributed by atoms with van der Waals surface area (Å²) in [7, 11) is 0. The second-order valence-electron chi connectivity index (χ2n) is 5.32. The number of phenolic OH excluding ortho intramolecular Hbond substituents is 1. The topological polar surface area (TPSA) is 78.4 Å². The average Bonchev–Trinajstić information content (AvgIpc) is 2.90. The molecule has 0 aromatic heterocycles. The van der Waals surface area contributed by atoms with Crippen LogP contribution in [0, 0.1) is 0 Å². The van der Waals surface area contributed by atoms with Crippen LogP contribution in [0.5, 0.6) is 5.75 Å². The van der Waals surface area contributed by atoms with Gasteiger partial charge in [-0.15, -0.1) is 0 Å². The van der Waals surface area contributed by atoms with Crippen LogP contribution in [0.4, 0.5) is 5.69 Å². The molecule has 0 fully saturated rings. The molecule has 0 saturated carbocycles. The number of fused-ring (bicyclic) bond motifs is 1. The molecule has 0 spiro atoms. The lowest BCUT2D eigenvalue weighted by atomic mass is 10.1. The van der Waals surface area contributed by atoms with E-state index in [0.717, 1.165) is 18.4 Å². The van der Waals surface area contributed by atoms with Crippen LogP contribution in [0.3, 0.4) is 0 Å². The van der Waals surface area contributed by atoms with Crippen LogP contribution in [-0.4, -0.2) is 23.5 Å². The van der Waals surface area contributed by atoms with Crippen LogP contribution in [-0.2, 0) is 6.42 Å². The molecule has 0 atom stereocenters. The quantitative estimate of drug-likeness (QED) is 0.556. The van der Waals surface area contributed by atoms with Gasteiger partial charge < -0.3 is 10.4 Å². The van der Waals surface area contributed by atoms with E-state index in [0.29, 0.717) is 28.4 Å². The number of carbonyl (C=O) groups is 2. The Morgan fingerprint density at radius 2 is 1.88 bits per heavy atom. The molecule has 2 aromatic rings. The zero-order valence-corrected chi connectivity index (χ0v) is 15.0. The van der Waals surface area contributed by atoms with Crippen LogP contribution in [0.2, 0.25) is 5.02 Å². The highest BCUT2D eigenvalue weighted by molar-refractivity contribution is 6.31. The molecule has 3 N–H and O–H groups in total. The van der Waals surface area contributed by atoms with Crippen molar-refractivity contribution < 1.29 is 14.7 Å². The first-order valence-corrected chi connectivity index (χ1v) is 8.64. The SMILES string of the molecule is CC.O=C1NC(=O)c2c(NCCCc3ccc(O)cc3Cl)cccc21. The Balaban J connectivity index is 0.00000109. The molecular formula is C19H21ClN2O3. The van der Waals surface area contributed by atoms with Crippen molar-refractivity contribution in [2.75, 3.05) is 11.9 Å². The summed E-state index contributed by atoms with van der Waals surface area (Å²) in [6.07, 6.45) is 1.54. The number of benzene rings is 2. The smallest absolute Gasteiger partial charge is 0.261 e. The summed E-state index contributed by atoms with van der Waals surface area (Å²) in [5.41, 5.74) is 2.42. The van der Waals surface area contributed by atoms with E-state index in [1.54, 1.807) is 30.3 Å². The molecule has 1 aliphatic rings. The van der Waals surface area contributed by atoms with Crippen LogP contribution >= 0.6 is 11.6 Å². The van der Waals surface area contributed by atoms with E-state index in [1.807, 2.05) is 13.8 Å². The number of carbonyl (C=O) groups excluding carboxylic acids is 2. The molecule has 132 valence electrons. The normalized spacial score (nSPS) is 12.1. The largest absolute Gasteiger partial charge is 0.508 e. The van der Waals surface area contributed by atoms with Gasteiger partial charge in [-0.1, -0.05) is 37.6 Å². The molecule has 0 radical (unpaired) electrons. The summed E-state index contributed by atoms with van der Waals surface area (Å²) in [5, 5.41) is 15.4. The second-order valence-corrected chi connectivity index (χ2v) is 5.72. The van der Waals surface area contributed by atoms with Crippen LogP contribution < -0.4 is 10.6 Å². The highest BCUT2D eigenvalue weighted by atomic mass is 35.5. The summed E-state index contributed by atoms with van der Waals surface area (Å²) in [6, 6.07) is 10.1. The highest BCUT2D eigenvalue weighted by Gasteiger charge is 2.28. The molecule has 3 rings (SSSR count). The minimum Gasteiger partial charge on any atom is -0.508 e. The van der Waals surface area contributed by atoms with Gasteiger partial charge in [-0.2, -0.15) is 0 Å². The number of imide groups is 1. The summed E-state index contributed by atoms with van der Waals surface area (Å²) in [4.78, 5) is 23.4. The summed E-state index contributed by atoms with van der Waals surface area (Å²) >= 11 is 6.07. The minimum atomic E-state index is -0.366. The minimum absolute atomic E-state index is 0.146. The Labute approximate surface area is 152 Å². The summed E-state index contributed by atoms with van der Waals surface area (Å²) in [6.45, 7) is 4.63. The van der Waals surface area contributed by atoms with E-state index < -0.39 is 0 Å². The van der Waals surface area contributed by atoms with Crippen molar-refractivity contribution in [3.05, 3.63) is 58.1 Å². The predicted octanol–water partition coefficient (Wildman–Crippen LogP) is 4.00. The fourth-order valence-corrected chi connectivity index (χ4v) is 2.88. The number of phenols is 1. The fourth-order valence-electron chi connectivity index (χ4n) is 2.61. The van der Waals surface area contributed by atoms with Gasteiger partial charge in [-0.05, 0) is 42.7 Å². The number of nitrogens with one attached hydrogen (secondary N) is 2. The van der Waals surface area contributed by atoms with Crippen molar-refractivity contribution >= 4 is 29.1 Å². The molecule has 6 heteroatoms. The van der Waals surface area contributed by atoms with E-state index in [4.69, 9.17) is 11.6 Å². The number of hydrogen-bond donors (Lipinski definition) is 3. The van der Waals surface area contributed by atoms with E-state index in [1.165, 1.54) is 6.07 Å². The Bertz CT molecular complexity index is 790. The van der Waals surface area contributed by atoms with E-state index >= 15 is 0 Å². The molecule has 1 aliphatic heterocycles. The Morgan fingerprint density at radius 1 is 1.12 bits per heavy atom. The average molecular weight is 361 g/mol. The third-order valence-corrected chi connectivity index (χ3v) is 4.09. The Hall–Kier alpha value is -2.53. The molecule has 25 heavy (non-hydrogen) atoms. The van der Waals surface area contributed by atoms with Crippen LogP contribution in [0.25, 0.3) is 0 Å². The van der Waals surface area contributed by atoms with Gasteiger partial charge >= 0.3 is 0 Å². The highest BCUT2D eigenvalue weighted by Crippen LogP contribution is 2.25. The molecule has 2 amide bonds. The predicted molar refractivity (Wildman–Crippen MR) is 99.5 cm³/mol. The molecule has 1 heterocycles. The lowest BCUT2D eigenvalue weighted by Crippen LogP contribution is -2.20. The van der Waals surface area contributed by atoms with Crippen molar-refractivity contribution in [2.24, 2.45) is 0 Å². The van der Waals surface area contributed by atoms with Crippen molar-refractivity contribution in [1.82, 2.24) is 5.32 Å². The summed E-state index contributed by atoms with van der Waals surface area (Å²) < 4.78 is 0. The number of halogens is 1. The van der Waals surface area contributed by atoms with Crippen molar-refractivity contribution in [1.29, 1.82) is 0 Å². The molecule has 0 aliphatic carbocycles. The lowest BCUT2D eigenvalue weighted by molar-refractivity contribution is 0.0880. The maximum atomic E-state index is 11.8. The van der Waals surface area contributed by atoms with Gasteiger partial charge in [0.05, 0.1) is 11.1 Å². The van der Waals surface area contributed by atoms with Gasteiger partial charge in [-0.25, -0.2) is 0 Å². The third-order valence-electron chi connectivity index (χ3n) is 3.74. The number of anilines is 1. The second kappa shape index (κ2) is 8.53. The maximum absolute atomic E-state index is 11.8. The zero-order chi connectivity index (χ0) is 18.4. The van der Waals surface area contributed by atoms with Crippen LogP contribution in [0.1, 0.15) is 46.5 Å². The zero-order valence-electron chi connectivity index (χ0n) is 14.2. The number of aromatic hydroxyl groups is 1. The molecule has 2 aromatic carbocycles. The van der Waals surface area contributed by atoms with E-state index in [2.05, 4.69) is 10.6 Å². The van der Waals surface area contributed by atoms with Gasteiger partial charge in [0.25, 0.3) is 11.8 Å². The van der Waals surface area contributed by atoms with Gasteiger partial charge in [0.2, 0.25) is 0 Å². The van der Waals surface area contributed by atoms with E-state index in [-0.39, 0.29) is 17.6 Å². The Morgan fingerprint density at radius 3 is 2.60 bits per heavy atom. The first-order chi connectivity index (χ1) is 12.1. The molecule has 5 nitrogen and oxygen atoms in total. The fraction of sp³-hybridized carbons (Fsp3) is 0.263. The van der Waals surface area contributed by atoms with Gasteiger partial charge in [-0.3, -0.25) is 14.9 Å². The molecular weight excluding hydrogens is 340 g/mol. The van der Waals surface area contributed by atoms with E-state index in [9.17, 15) is 14.7 Å². The van der Waals surface area contributed by atoms with Crippen LogP contribution in [0.15, 0.2) is 36.4 Å². The molecule has 0 saturated heterocycles. The first-order valence-electron chi connectivity index (χ1n) is 8.26. The number of hydrogen-bond acceptors (Lipinski definition) is 4. The van der Waals surface area contributed by atoms with Gasteiger partial charge in [0.1, 0.15) is 5.75 Å². The first kappa shape index (κ1) is 18.8. The van der Waals surface area contributed by atoms with Crippen molar-refractivity contribution in [3.8, 4) is 5.75 Å². The number of amides is 2. The maximum Gasteiger partial charge on any atom is 0.261 e. The van der Waals surface area contributed by atoms with Gasteiger partial charge in [0.15, 0.2) is 0 Å². The third kappa shape index (κ3) is 4.31. The molecule has 0 unspecified atom stereocenters. The van der Waals surface area contributed by atoms with Gasteiger partial charge in [0, 0.05) is 17.3 Å². The lowest BCUT2D eigenvalue weighted by Gasteiger charge is -2.10. The molecule has 0 bridgehead atoms. The standard InChI is InChI=1S/C17H15ClN2O3.C2H6/c18-13-9-11(21)7-6-10(13)3-2-8-19-14-5-1-4-12-15(14)17(23)20-16(12)22;1-2/h1,4-7,9,19,21H,2-3,8H2,(H,20,22,23);1-2H3.